The molecule has 1 aliphatic carbocycles. The fourth-order valence-corrected chi connectivity index (χ4v) is 2.71. The molecule has 2 atom stereocenters. The van der Waals surface area contributed by atoms with Crippen molar-refractivity contribution in [3.63, 3.8) is 0 Å². The van der Waals surface area contributed by atoms with Gasteiger partial charge in [-0.3, -0.25) is 0 Å². The summed E-state index contributed by atoms with van der Waals surface area (Å²) in [4.78, 5) is 4.43. The maximum absolute atomic E-state index is 5.69. The number of rotatable bonds is 3. The number of hydrogen-bond acceptors (Lipinski definition) is 4. The van der Waals surface area contributed by atoms with E-state index in [1.807, 2.05) is 0 Å². The molecule has 84 valence electrons. The third-order valence-corrected chi connectivity index (χ3v) is 3.52. The molecule has 15 heavy (non-hydrogen) atoms. The molecule has 2 rings (SSSR count). The summed E-state index contributed by atoms with van der Waals surface area (Å²) < 4.78 is 4.93. The Labute approximate surface area is 94.2 Å². The summed E-state index contributed by atoms with van der Waals surface area (Å²) in [7, 11) is 0. The first-order valence-electron chi connectivity index (χ1n) is 5.36. The molecule has 1 heterocycles. The quantitative estimate of drug-likeness (QED) is 0.775. The van der Waals surface area contributed by atoms with Crippen molar-refractivity contribution in [3.8, 4) is 0 Å². The third-order valence-electron chi connectivity index (χ3n) is 3.35. The van der Waals surface area contributed by atoms with Crippen LogP contribution in [-0.4, -0.2) is 16.7 Å². The largest absolute Gasteiger partial charge is 0.348 e. The molecule has 0 radical (unpaired) electrons. The number of nitrogens with one attached hydrogen (secondary N) is 1. The number of aromatic amines is 1. The third kappa shape index (κ3) is 2.46. The van der Waals surface area contributed by atoms with E-state index in [4.69, 9.17) is 22.5 Å². The van der Waals surface area contributed by atoms with E-state index in [9.17, 15) is 0 Å². The van der Waals surface area contributed by atoms with Crippen LogP contribution in [0.4, 0.5) is 0 Å². The van der Waals surface area contributed by atoms with E-state index in [2.05, 4.69) is 17.1 Å². The van der Waals surface area contributed by atoms with Gasteiger partial charge in [0.1, 0.15) is 5.82 Å². The van der Waals surface area contributed by atoms with E-state index in [-0.39, 0.29) is 0 Å². The number of aromatic nitrogens is 2. The molecule has 2 unspecified atom stereocenters. The zero-order valence-corrected chi connectivity index (χ0v) is 9.77. The average Bonchev–Trinajstić information content (AvgIpc) is 2.74. The van der Waals surface area contributed by atoms with Gasteiger partial charge in [-0.05, 0) is 49.4 Å². The standard InChI is InChI=1S/C10H17N3OS/c1-10(3-2-7(4-10)6-11)5-8-12-9(15)14-13-8/h7H,2-6,11H2,1H3,(H,12,13,15). The first-order chi connectivity index (χ1) is 7.11. The summed E-state index contributed by atoms with van der Waals surface area (Å²) >= 11 is 4.83. The molecule has 1 aliphatic rings. The van der Waals surface area contributed by atoms with Crippen LogP contribution < -0.4 is 5.73 Å². The summed E-state index contributed by atoms with van der Waals surface area (Å²) in [6.07, 6.45) is 4.52. The fourth-order valence-electron chi connectivity index (χ4n) is 2.55. The Morgan fingerprint density at radius 1 is 1.73 bits per heavy atom. The van der Waals surface area contributed by atoms with Crippen molar-refractivity contribution in [1.82, 2.24) is 10.1 Å². The highest BCUT2D eigenvalue weighted by Gasteiger charge is 2.35. The van der Waals surface area contributed by atoms with Gasteiger partial charge in [-0.25, -0.2) is 5.16 Å². The van der Waals surface area contributed by atoms with Crippen LogP contribution in [0.3, 0.4) is 0 Å². The zero-order chi connectivity index (χ0) is 10.9. The van der Waals surface area contributed by atoms with Crippen LogP contribution in [0.25, 0.3) is 0 Å². The Bertz CT molecular complexity index is 386. The molecule has 4 nitrogen and oxygen atoms in total. The van der Waals surface area contributed by atoms with E-state index in [1.165, 1.54) is 19.3 Å². The van der Waals surface area contributed by atoms with Crippen LogP contribution >= 0.6 is 12.2 Å². The van der Waals surface area contributed by atoms with E-state index in [1.54, 1.807) is 0 Å². The molecular weight excluding hydrogens is 210 g/mol. The van der Waals surface area contributed by atoms with E-state index in [0.717, 1.165) is 18.8 Å². The maximum atomic E-state index is 5.69. The highest BCUT2D eigenvalue weighted by atomic mass is 32.1. The lowest BCUT2D eigenvalue weighted by Crippen LogP contribution is -2.18. The first-order valence-corrected chi connectivity index (χ1v) is 5.77. The Balaban J connectivity index is 2.03. The number of nitrogens with two attached hydrogens (primary N) is 1. The smallest absolute Gasteiger partial charge is 0.314 e. The van der Waals surface area contributed by atoms with Crippen molar-refractivity contribution in [2.45, 2.75) is 32.6 Å². The Morgan fingerprint density at radius 3 is 3.07 bits per heavy atom. The lowest BCUT2D eigenvalue weighted by molar-refractivity contribution is 0.304. The minimum atomic E-state index is 0.293. The summed E-state index contributed by atoms with van der Waals surface area (Å²) in [5.41, 5.74) is 6.00. The minimum absolute atomic E-state index is 0.293. The predicted molar refractivity (Wildman–Crippen MR) is 59.9 cm³/mol. The molecule has 5 heteroatoms. The average molecular weight is 227 g/mol. The lowest BCUT2D eigenvalue weighted by atomic mass is 9.84. The van der Waals surface area contributed by atoms with Gasteiger partial charge in [0.05, 0.1) is 0 Å². The number of nitrogens with zero attached hydrogens (tertiary/aromatic N) is 1. The molecule has 0 amide bonds. The SMILES string of the molecule is CC1(Cc2nc(=S)o[nH]2)CCC(CN)C1. The van der Waals surface area contributed by atoms with Gasteiger partial charge in [0.15, 0.2) is 0 Å². The lowest BCUT2D eigenvalue weighted by Gasteiger charge is -2.22. The van der Waals surface area contributed by atoms with Gasteiger partial charge in [-0.15, -0.1) is 0 Å². The summed E-state index contributed by atoms with van der Waals surface area (Å²) in [5, 5.41) is 2.77. The van der Waals surface area contributed by atoms with Gasteiger partial charge < -0.3 is 10.3 Å². The summed E-state index contributed by atoms with van der Waals surface area (Å²) in [6.45, 7) is 3.08. The summed E-state index contributed by atoms with van der Waals surface area (Å²) in [6, 6.07) is 0. The van der Waals surface area contributed by atoms with E-state index in [0.29, 0.717) is 16.2 Å². The van der Waals surface area contributed by atoms with Gasteiger partial charge in [-0.1, -0.05) is 6.92 Å². The molecule has 0 aliphatic heterocycles. The fraction of sp³-hybridized carbons (Fsp3) is 0.800. The zero-order valence-electron chi connectivity index (χ0n) is 8.95. The molecule has 0 spiro atoms. The van der Waals surface area contributed by atoms with Crippen molar-refractivity contribution < 1.29 is 4.52 Å². The second-order valence-corrected chi connectivity index (χ2v) is 5.21. The monoisotopic (exact) mass is 227 g/mol. The van der Waals surface area contributed by atoms with Crippen molar-refractivity contribution in [1.29, 1.82) is 0 Å². The number of hydrogen-bond donors (Lipinski definition) is 2. The molecule has 1 aromatic heterocycles. The molecule has 0 bridgehead atoms. The van der Waals surface area contributed by atoms with Crippen LogP contribution in [0.2, 0.25) is 0 Å². The van der Waals surface area contributed by atoms with Crippen LogP contribution in [0.15, 0.2) is 4.52 Å². The maximum Gasteiger partial charge on any atom is 0.314 e. The predicted octanol–water partition coefficient (Wildman–Crippen LogP) is 2.04. The highest BCUT2D eigenvalue weighted by molar-refractivity contribution is 7.71. The molecule has 1 saturated carbocycles. The number of H-pyrrole nitrogens is 1. The van der Waals surface area contributed by atoms with Crippen molar-refractivity contribution >= 4 is 12.2 Å². The van der Waals surface area contributed by atoms with Crippen molar-refractivity contribution in [2.24, 2.45) is 17.1 Å². The Kier molecular flexibility index (Phi) is 2.93. The molecule has 0 saturated heterocycles. The van der Waals surface area contributed by atoms with Crippen LogP contribution in [0.5, 0.6) is 0 Å². The van der Waals surface area contributed by atoms with Crippen LogP contribution in [0, 0.1) is 16.2 Å². The van der Waals surface area contributed by atoms with Crippen LogP contribution in [0.1, 0.15) is 32.0 Å². The normalized spacial score (nSPS) is 30.9. The minimum Gasteiger partial charge on any atom is -0.348 e. The first kappa shape index (κ1) is 10.8. The molecule has 0 aromatic carbocycles. The van der Waals surface area contributed by atoms with E-state index >= 15 is 0 Å². The Hall–Kier alpha value is -0.680. The van der Waals surface area contributed by atoms with E-state index < -0.39 is 0 Å². The molecular formula is C10H17N3OS. The van der Waals surface area contributed by atoms with Gasteiger partial charge in [-0.2, -0.15) is 4.98 Å². The van der Waals surface area contributed by atoms with Gasteiger partial charge in [0.2, 0.25) is 0 Å². The van der Waals surface area contributed by atoms with Crippen molar-refractivity contribution in [3.05, 3.63) is 10.7 Å². The second-order valence-electron chi connectivity index (χ2n) is 4.86. The molecule has 1 aromatic rings. The highest BCUT2D eigenvalue weighted by Crippen LogP contribution is 2.42. The van der Waals surface area contributed by atoms with Gasteiger partial charge in [0, 0.05) is 6.42 Å². The molecule has 1 fully saturated rings. The van der Waals surface area contributed by atoms with Crippen LogP contribution in [-0.2, 0) is 6.42 Å². The molecule has 3 N–H and O–H groups in total. The van der Waals surface area contributed by atoms with Gasteiger partial charge >= 0.3 is 4.84 Å². The van der Waals surface area contributed by atoms with Crippen molar-refractivity contribution in [2.75, 3.05) is 6.54 Å². The summed E-state index contributed by atoms with van der Waals surface area (Å²) in [5.74, 6) is 1.53. The van der Waals surface area contributed by atoms with Gasteiger partial charge in [0.25, 0.3) is 0 Å². The second kappa shape index (κ2) is 4.06. The topological polar surface area (TPSA) is 67.8 Å². The Morgan fingerprint density at radius 2 is 2.53 bits per heavy atom.